The number of nitrogens with zero attached hydrogens (tertiary/aromatic N) is 5. The minimum atomic E-state index is 0.848. The molecular formula is C36H23N5. The predicted octanol–water partition coefficient (Wildman–Crippen LogP) is 8.05. The van der Waals surface area contributed by atoms with Crippen LogP contribution in [-0.4, -0.2) is 24.9 Å². The van der Waals surface area contributed by atoms with Crippen molar-refractivity contribution >= 4 is 10.9 Å². The minimum Gasteiger partial charge on any atom is -0.265 e. The van der Waals surface area contributed by atoms with Crippen LogP contribution in [0.4, 0.5) is 0 Å². The molecule has 0 aliphatic heterocycles. The third-order valence-corrected chi connectivity index (χ3v) is 7.84. The Balaban J connectivity index is 1.30. The van der Waals surface area contributed by atoms with Crippen molar-refractivity contribution in [2.45, 2.75) is 6.42 Å². The highest BCUT2D eigenvalue weighted by Gasteiger charge is 2.23. The Morgan fingerprint density at radius 3 is 1.98 bits per heavy atom. The molecule has 0 bridgehead atoms. The van der Waals surface area contributed by atoms with Crippen LogP contribution in [0.1, 0.15) is 11.1 Å². The summed E-state index contributed by atoms with van der Waals surface area (Å²) in [6.07, 6.45) is 9.74. The molecule has 1 aliphatic carbocycles. The number of fused-ring (bicyclic) bond motifs is 2. The highest BCUT2D eigenvalue weighted by atomic mass is 14.8. The average molecular weight is 526 g/mol. The van der Waals surface area contributed by atoms with Crippen LogP contribution in [-0.2, 0) is 6.42 Å². The van der Waals surface area contributed by atoms with Crippen molar-refractivity contribution in [2.24, 2.45) is 0 Å². The first kappa shape index (κ1) is 23.3. The zero-order valence-electron chi connectivity index (χ0n) is 22.1. The minimum absolute atomic E-state index is 0.848. The van der Waals surface area contributed by atoms with Crippen molar-refractivity contribution < 1.29 is 0 Å². The Kier molecular flexibility index (Phi) is 5.45. The molecule has 5 heteroatoms. The fourth-order valence-electron chi connectivity index (χ4n) is 5.88. The van der Waals surface area contributed by atoms with Gasteiger partial charge in [-0.25, -0.2) is 15.0 Å². The van der Waals surface area contributed by atoms with Gasteiger partial charge in [-0.05, 0) is 88.3 Å². The van der Waals surface area contributed by atoms with Crippen molar-refractivity contribution in [3.63, 3.8) is 0 Å². The summed E-state index contributed by atoms with van der Waals surface area (Å²) in [5.41, 5.74) is 14.2. The van der Waals surface area contributed by atoms with Crippen LogP contribution in [0.3, 0.4) is 0 Å². The summed E-state index contributed by atoms with van der Waals surface area (Å²) in [6, 6.07) is 34.0. The van der Waals surface area contributed by atoms with Gasteiger partial charge in [0.2, 0.25) is 0 Å². The van der Waals surface area contributed by atoms with Gasteiger partial charge in [0, 0.05) is 46.9 Å². The Bertz CT molecular complexity index is 2010. The van der Waals surface area contributed by atoms with E-state index in [2.05, 4.69) is 87.7 Å². The first-order chi connectivity index (χ1) is 20.3. The number of hydrogen-bond acceptors (Lipinski definition) is 5. The molecule has 4 aromatic heterocycles. The molecule has 3 aromatic carbocycles. The molecule has 1 aliphatic rings. The van der Waals surface area contributed by atoms with Gasteiger partial charge in [-0.1, -0.05) is 48.5 Å². The van der Waals surface area contributed by atoms with Crippen LogP contribution in [0.25, 0.3) is 66.9 Å². The fourth-order valence-corrected chi connectivity index (χ4v) is 5.88. The number of pyridine rings is 3. The van der Waals surface area contributed by atoms with Gasteiger partial charge in [-0.2, -0.15) is 0 Å². The maximum atomic E-state index is 5.01. The molecule has 8 rings (SSSR count). The quantitative estimate of drug-likeness (QED) is 0.233. The van der Waals surface area contributed by atoms with Crippen molar-refractivity contribution in [3.05, 3.63) is 139 Å². The predicted molar refractivity (Wildman–Crippen MR) is 163 cm³/mol. The van der Waals surface area contributed by atoms with E-state index in [1.807, 2.05) is 24.3 Å². The van der Waals surface area contributed by atoms with Gasteiger partial charge in [0.1, 0.15) is 6.33 Å². The van der Waals surface area contributed by atoms with Gasteiger partial charge in [0.05, 0.1) is 22.6 Å². The maximum absolute atomic E-state index is 5.01. The number of aromatic nitrogens is 5. The molecular weight excluding hydrogens is 502 g/mol. The highest BCUT2D eigenvalue weighted by molar-refractivity contribution is 6.01. The van der Waals surface area contributed by atoms with Gasteiger partial charge in [0.25, 0.3) is 0 Å². The standard InChI is InChI=1S/C36H23N5/c1-2-7-30-27(4-1)19-31-29(8-9-32-35(31)36(30)40-22-39-32)26-6-3-5-25(18-26)28-20-33(23-10-14-37-15-11-23)41-34(21-28)24-12-16-38-17-13-24/h1-18,20-22H,19H2. The Morgan fingerprint density at radius 2 is 1.22 bits per heavy atom. The number of hydrogen-bond donors (Lipinski definition) is 0. The average Bonchev–Trinajstić information content (AvgIpc) is 3.06. The molecule has 41 heavy (non-hydrogen) atoms. The van der Waals surface area contributed by atoms with Gasteiger partial charge in [-0.3, -0.25) is 9.97 Å². The summed E-state index contributed by atoms with van der Waals surface area (Å²) in [5.74, 6) is 0. The lowest BCUT2D eigenvalue weighted by Gasteiger charge is -2.22. The van der Waals surface area contributed by atoms with Crippen LogP contribution < -0.4 is 0 Å². The van der Waals surface area contributed by atoms with Gasteiger partial charge < -0.3 is 0 Å². The number of rotatable bonds is 4. The Labute approximate surface area is 237 Å². The summed E-state index contributed by atoms with van der Waals surface area (Å²) in [7, 11) is 0. The van der Waals surface area contributed by atoms with Crippen LogP contribution in [0.5, 0.6) is 0 Å². The van der Waals surface area contributed by atoms with Crippen molar-refractivity contribution in [3.8, 4) is 56.0 Å². The van der Waals surface area contributed by atoms with E-state index in [1.165, 1.54) is 27.8 Å². The van der Waals surface area contributed by atoms with E-state index in [9.17, 15) is 0 Å². The second-order valence-corrected chi connectivity index (χ2v) is 10.2. The van der Waals surface area contributed by atoms with E-state index in [0.29, 0.717) is 0 Å². The normalized spacial score (nSPS) is 11.8. The Morgan fingerprint density at radius 1 is 0.512 bits per heavy atom. The van der Waals surface area contributed by atoms with Crippen LogP contribution in [0.2, 0.25) is 0 Å². The fraction of sp³-hybridized carbons (Fsp3) is 0.0278. The first-order valence-corrected chi connectivity index (χ1v) is 13.6. The lowest BCUT2D eigenvalue weighted by atomic mass is 9.83. The Hall–Kier alpha value is -5.55. The van der Waals surface area contributed by atoms with E-state index in [4.69, 9.17) is 9.97 Å². The third-order valence-electron chi connectivity index (χ3n) is 7.84. The summed E-state index contributed by atoms with van der Waals surface area (Å²) < 4.78 is 0. The molecule has 5 nitrogen and oxygen atoms in total. The third kappa shape index (κ3) is 4.07. The van der Waals surface area contributed by atoms with E-state index < -0.39 is 0 Å². The summed E-state index contributed by atoms with van der Waals surface area (Å²) in [4.78, 5) is 22.7. The van der Waals surface area contributed by atoms with Crippen LogP contribution >= 0.6 is 0 Å². The summed E-state index contributed by atoms with van der Waals surface area (Å²) in [6.45, 7) is 0. The van der Waals surface area contributed by atoms with E-state index in [-0.39, 0.29) is 0 Å². The van der Waals surface area contributed by atoms with Crippen molar-refractivity contribution in [2.75, 3.05) is 0 Å². The largest absolute Gasteiger partial charge is 0.265 e. The lowest BCUT2D eigenvalue weighted by molar-refractivity contribution is 1.14. The summed E-state index contributed by atoms with van der Waals surface area (Å²) in [5, 5.41) is 1.15. The van der Waals surface area contributed by atoms with Gasteiger partial charge >= 0.3 is 0 Å². The molecule has 0 saturated heterocycles. The topological polar surface area (TPSA) is 64.5 Å². The highest BCUT2D eigenvalue weighted by Crippen LogP contribution is 2.42. The van der Waals surface area contributed by atoms with Gasteiger partial charge in [-0.15, -0.1) is 0 Å². The molecule has 0 unspecified atom stereocenters. The van der Waals surface area contributed by atoms with Crippen molar-refractivity contribution in [1.29, 1.82) is 0 Å². The molecule has 192 valence electrons. The van der Waals surface area contributed by atoms with E-state index >= 15 is 0 Å². The molecule has 0 fully saturated rings. The van der Waals surface area contributed by atoms with Crippen LogP contribution in [0.15, 0.2) is 128 Å². The number of benzene rings is 3. The molecule has 0 spiro atoms. The van der Waals surface area contributed by atoms with Gasteiger partial charge in [0.15, 0.2) is 0 Å². The smallest absolute Gasteiger partial charge is 0.116 e. The summed E-state index contributed by atoms with van der Waals surface area (Å²) >= 11 is 0. The monoisotopic (exact) mass is 525 g/mol. The second kappa shape index (κ2) is 9.57. The zero-order chi connectivity index (χ0) is 27.2. The maximum Gasteiger partial charge on any atom is 0.116 e. The molecule has 0 N–H and O–H groups in total. The van der Waals surface area contributed by atoms with E-state index in [0.717, 1.165) is 56.7 Å². The molecule has 7 aromatic rings. The van der Waals surface area contributed by atoms with E-state index in [1.54, 1.807) is 31.1 Å². The first-order valence-electron chi connectivity index (χ1n) is 13.6. The lowest BCUT2D eigenvalue weighted by Crippen LogP contribution is -2.05. The van der Waals surface area contributed by atoms with Crippen molar-refractivity contribution in [1.82, 2.24) is 24.9 Å². The zero-order valence-corrected chi connectivity index (χ0v) is 22.1. The molecule has 0 amide bonds. The molecule has 0 saturated carbocycles. The molecule has 0 radical (unpaired) electrons. The molecule has 4 heterocycles. The molecule has 0 atom stereocenters. The van der Waals surface area contributed by atoms with Crippen LogP contribution in [0, 0.1) is 0 Å². The second-order valence-electron chi connectivity index (χ2n) is 10.2. The SMILES string of the molecule is c1cc(-c2cc(-c3ccncc3)nc(-c3ccncc3)c2)cc(-c2ccc3ncnc4c3c2Cc2ccccc2-4)c1.